The molecule has 0 radical (unpaired) electrons. The number of carbonyl (C=O) groups is 2. The largest absolute Gasteiger partial charge is 0.492 e. The van der Waals surface area contributed by atoms with Crippen molar-refractivity contribution in [2.24, 2.45) is 0 Å². The van der Waals surface area contributed by atoms with Crippen molar-refractivity contribution in [3.8, 4) is 11.5 Å². The van der Waals surface area contributed by atoms with Gasteiger partial charge in [-0.15, -0.1) is 0 Å². The molecule has 2 amide bonds. The Bertz CT molecular complexity index is 1040. The van der Waals surface area contributed by atoms with Gasteiger partial charge >= 0.3 is 0 Å². The molecule has 0 aromatic heterocycles. The number of nitrogens with one attached hydrogen (secondary N) is 2. The molecule has 3 aromatic rings. The van der Waals surface area contributed by atoms with Gasteiger partial charge in [-0.3, -0.25) is 20.4 Å². The summed E-state index contributed by atoms with van der Waals surface area (Å²) in [5.74, 6) is 0.169. The van der Waals surface area contributed by atoms with Gasteiger partial charge in [0.1, 0.15) is 18.1 Å². The van der Waals surface area contributed by atoms with Crippen molar-refractivity contribution in [2.75, 3.05) is 6.61 Å². The summed E-state index contributed by atoms with van der Waals surface area (Å²) >= 11 is 3.40. The van der Waals surface area contributed by atoms with E-state index in [1.54, 1.807) is 42.5 Å². The van der Waals surface area contributed by atoms with Crippen LogP contribution in [0.1, 0.15) is 39.6 Å². The average molecular weight is 483 g/mol. The van der Waals surface area contributed by atoms with E-state index in [0.717, 1.165) is 12.0 Å². The average Bonchev–Trinajstić information content (AvgIpc) is 2.81. The summed E-state index contributed by atoms with van der Waals surface area (Å²) in [7, 11) is 0. The third-order valence-corrected chi connectivity index (χ3v) is 4.93. The predicted octanol–water partition coefficient (Wildman–Crippen LogP) is 4.89. The van der Waals surface area contributed by atoms with Crippen LogP contribution in [0.3, 0.4) is 0 Å². The number of ether oxygens (including phenoxy) is 2. The third kappa shape index (κ3) is 6.33. The number of amides is 2. The second-order valence-electron chi connectivity index (χ2n) is 6.67. The van der Waals surface area contributed by atoms with Crippen LogP contribution in [0.5, 0.6) is 11.5 Å². The van der Waals surface area contributed by atoms with Crippen LogP contribution in [0, 0.1) is 0 Å². The summed E-state index contributed by atoms with van der Waals surface area (Å²) in [6, 6.07) is 21.5. The molecule has 0 heterocycles. The normalized spacial score (nSPS) is 10.3. The highest BCUT2D eigenvalue weighted by molar-refractivity contribution is 9.10. The zero-order chi connectivity index (χ0) is 22.1. The topological polar surface area (TPSA) is 76.7 Å². The number of halogens is 1. The molecular formula is C24H23BrN2O4. The summed E-state index contributed by atoms with van der Waals surface area (Å²) in [5, 5.41) is 0. The zero-order valence-corrected chi connectivity index (χ0v) is 18.6. The summed E-state index contributed by atoms with van der Waals surface area (Å²) in [6.07, 6.45) is 0.886. The molecule has 0 aliphatic carbocycles. The van der Waals surface area contributed by atoms with Crippen LogP contribution in [0.4, 0.5) is 0 Å². The molecule has 0 aliphatic heterocycles. The van der Waals surface area contributed by atoms with Crippen molar-refractivity contribution in [1.29, 1.82) is 0 Å². The highest BCUT2D eigenvalue weighted by Gasteiger charge is 2.15. The fraction of sp³-hybridized carbons (Fsp3) is 0.167. The van der Waals surface area contributed by atoms with Crippen LogP contribution in [0.25, 0.3) is 0 Å². The van der Waals surface area contributed by atoms with Crippen molar-refractivity contribution in [3.05, 3.63) is 94.0 Å². The molecule has 0 aliphatic rings. The second-order valence-corrected chi connectivity index (χ2v) is 7.53. The molecule has 0 bridgehead atoms. The van der Waals surface area contributed by atoms with Gasteiger partial charge in [-0.2, -0.15) is 0 Å². The second kappa shape index (κ2) is 11.2. The van der Waals surface area contributed by atoms with E-state index in [1.807, 2.05) is 37.3 Å². The zero-order valence-electron chi connectivity index (χ0n) is 17.1. The minimum atomic E-state index is -0.473. The monoisotopic (exact) mass is 482 g/mol. The minimum absolute atomic E-state index is 0.322. The first-order chi connectivity index (χ1) is 15.1. The van der Waals surface area contributed by atoms with Crippen LogP contribution < -0.4 is 20.3 Å². The van der Waals surface area contributed by atoms with E-state index in [1.165, 1.54) is 0 Å². The number of para-hydroxylation sites is 1. The standard InChI is InChI=1S/C24H23BrN2O4/c1-2-14-30-22-13-12-18(15-20(22)25)23(28)26-27-24(29)19-10-6-7-11-21(19)31-16-17-8-4-3-5-9-17/h3-13,15H,2,14,16H2,1H3,(H,26,28)(H,27,29). The Hall–Kier alpha value is -3.32. The van der Waals surface area contributed by atoms with Crippen molar-refractivity contribution in [1.82, 2.24) is 10.9 Å². The fourth-order valence-corrected chi connectivity index (χ4v) is 3.23. The van der Waals surface area contributed by atoms with Gasteiger partial charge in [-0.1, -0.05) is 49.4 Å². The number of hydrazine groups is 1. The molecule has 0 fully saturated rings. The lowest BCUT2D eigenvalue weighted by Crippen LogP contribution is -2.41. The lowest BCUT2D eigenvalue weighted by atomic mass is 10.2. The number of rotatable bonds is 8. The van der Waals surface area contributed by atoms with E-state index in [4.69, 9.17) is 9.47 Å². The first-order valence-electron chi connectivity index (χ1n) is 9.87. The highest BCUT2D eigenvalue weighted by atomic mass is 79.9. The van der Waals surface area contributed by atoms with Gasteiger partial charge in [0.15, 0.2) is 0 Å². The molecule has 0 saturated carbocycles. The Balaban J connectivity index is 1.60. The van der Waals surface area contributed by atoms with Crippen LogP contribution in [0.2, 0.25) is 0 Å². The lowest BCUT2D eigenvalue weighted by molar-refractivity contribution is 0.0844. The summed E-state index contributed by atoms with van der Waals surface area (Å²) in [4.78, 5) is 25.1. The smallest absolute Gasteiger partial charge is 0.273 e. The van der Waals surface area contributed by atoms with Gasteiger partial charge in [-0.25, -0.2) is 0 Å². The Kier molecular flexibility index (Phi) is 8.06. The van der Waals surface area contributed by atoms with Crippen molar-refractivity contribution < 1.29 is 19.1 Å². The van der Waals surface area contributed by atoms with Crippen LogP contribution in [-0.4, -0.2) is 18.4 Å². The Morgan fingerprint density at radius 2 is 1.55 bits per heavy atom. The molecule has 0 saturated heterocycles. The first kappa shape index (κ1) is 22.4. The van der Waals surface area contributed by atoms with Crippen LogP contribution in [-0.2, 0) is 6.61 Å². The van der Waals surface area contributed by atoms with E-state index in [9.17, 15) is 9.59 Å². The van der Waals surface area contributed by atoms with Crippen LogP contribution in [0.15, 0.2) is 77.3 Å². The van der Waals surface area contributed by atoms with Crippen molar-refractivity contribution >= 4 is 27.7 Å². The number of benzene rings is 3. The van der Waals surface area contributed by atoms with E-state index in [0.29, 0.717) is 40.3 Å². The van der Waals surface area contributed by atoms with Gasteiger partial charge in [0, 0.05) is 5.56 Å². The minimum Gasteiger partial charge on any atom is -0.492 e. The Labute approximate surface area is 189 Å². The summed E-state index contributed by atoms with van der Waals surface area (Å²) in [6.45, 7) is 2.94. The molecule has 3 rings (SSSR count). The highest BCUT2D eigenvalue weighted by Crippen LogP contribution is 2.26. The van der Waals surface area contributed by atoms with Gasteiger partial charge in [0.25, 0.3) is 11.8 Å². The molecule has 0 atom stereocenters. The van der Waals surface area contributed by atoms with E-state index < -0.39 is 11.8 Å². The number of carbonyl (C=O) groups excluding carboxylic acids is 2. The summed E-state index contributed by atoms with van der Waals surface area (Å²) in [5.41, 5.74) is 6.56. The molecule has 31 heavy (non-hydrogen) atoms. The van der Waals surface area contributed by atoms with Gasteiger partial charge < -0.3 is 9.47 Å². The van der Waals surface area contributed by atoms with Gasteiger partial charge in [0.2, 0.25) is 0 Å². The molecule has 0 unspecified atom stereocenters. The molecule has 3 aromatic carbocycles. The quantitative estimate of drug-likeness (QED) is 0.448. The number of hydrogen-bond donors (Lipinski definition) is 2. The number of hydrogen-bond acceptors (Lipinski definition) is 4. The molecule has 7 heteroatoms. The third-order valence-electron chi connectivity index (χ3n) is 4.31. The van der Waals surface area contributed by atoms with Crippen LogP contribution >= 0.6 is 15.9 Å². The SMILES string of the molecule is CCCOc1ccc(C(=O)NNC(=O)c2ccccc2OCc2ccccc2)cc1Br. The molecular weight excluding hydrogens is 460 g/mol. The molecule has 0 spiro atoms. The molecule has 2 N–H and O–H groups in total. The Morgan fingerprint density at radius 3 is 2.29 bits per heavy atom. The van der Waals surface area contributed by atoms with Gasteiger partial charge in [0.05, 0.1) is 16.6 Å². The maximum atomic E-state index is 12.6. The first-order valence-corrected chi connectivity index (χ1v) is 10.7. The maximum Gasteiger partial charge on any atom is 0.273 e. The lowest BCUT2D eigenvalue weighted by Gasteiger charge is -2.13. The Morgan fingerprint density at radius 1 is 0.839 bits per heavy atom. The van der Waals surface area contributed by atoms with E-state index in [2.05, 4.69) is 26.8 Å². The fourth-order valence-electron chi connectivity index (χ4n) is 2.74. The molecule has 6 nitrogen and oxygen atoms in total. The van der Waals surface area contributed by atoms with Crippen molar-refractivity contribution in [2.45, 2.75) is 20.0 Å². The van der Waals surface area contributed by atoms with E-state index in [-0.39, 0.29) is 0 Å². The predicted molar refractivity (Wildman–Crippen MR) is 122 cm³/mol. The van der Waals surface area contributed by atoms with Crippen molar-refractivity contribution in [3.63, 3.8) is 0 Å². The van der Waals surface area contributed by atoms with Gasteiger partial charge in [-0.05, 0) is 58.2 Å². The van der Waals surface area contributed by atoms with E-state index >= 15 is 0 Å². The maximum absolute atomic E-state index is 12.6. The summed E-state index contributed by atoms with van der Waals surface area (Å²) < 4.78 is 12.1. The molecule has 160 valence electrons.